The summed E-state index contributed by atoms with van der Waals surface area (Å²) in [7, 11) is 0. The Morgan fingerprint density at radius 2 is 1.73 bits per heavy atom. The van der Waals surface area contributed by atoms with Crippen LogP contribution < -0.4 is 5.73 Å². The van der Waals surface area contributed by atoms with Gasteiger partial charge in [0.05, 0.1) is 5.56 Å². The summed E-state index contributed by atoms with van der Waals surface area (Å²) < 4.78 is 0. The van der Waals surface area contributed by atoms with Gasteiger partial charge in [0.2, 0.25) is 0 Å². The van der Waals surface area contributed by atoms with Gasteiger partial charge in [0, 0.05) is 5.69 Å². The van der Waals surface area contributed by atoms with Gasteiger partial charge in [-0.25, -0.2) is 4.79 Å². The third-order valence-electron chi connectivity index (χ3n) is 2.99. The van der Waals surface area contributed by atoms with Crippen LogP contribution in [0.3, 0.4) is 0 Å². The monoisotopic (exact) mass is 205 g/mol. The first-order valence-electron chi connectivity index (χ1n) is 5.33. The molecule has 0 radical (unpaired) electrons. The molecule has 0 heterocycles. The van der Waals surface area contributed by atoms with E-state index in [0.29, 0.717) is 5.69 Å². The quantitative estimate of drug-likeness (QED) is 0.546. The molecule has 3 N–H and O–H groups in total. The Morgan fingerprint density at radius 3 is 2.33 bits per heavy atom. The lowest BCUT2D eigenvalue weighted by atomic mass is 9.98. The van der Waals surface area contributed by atoms with Gasteiger partial charge in [-0.1, -0.05) is 6.42 Å². The minimum atomic E-state index is -0.931. The van der Waals surface area contributed by atoms with Gasteiger partial charge >= 0.3 is 5.97 Å². The Hall–Kier alpha value is -1.51. The fourth-order valence-electron chi connectivity index (χ4n) is 2.17. The van der Waals surface area contributed by atoms with Crippen LogP contribution in [0.5, 0.6) is 0 Å². The van der Waals surface area contributed by atoms with Crippen LogP contribution in [0, 0.1) is 0 Å². The lowest BCUT2D eigenvalue weighted by molar-refractivity contribution is 0.0698. The molecule has 0 bridgehead atoms. The summed E-state index contributed by atoms with van der Waals surface area (Å²) in [6.45, 7) is 0. The first-order chi connectivity index (χ1) is 7.18. The number of aryl methyl sites for hydroxylation is 2. The van der Waals surface area contributed by atoms with Gasteiger partial charge in [0.1, 0.15) is 0 Å². The van der Waals surface area contributed by atoms with Crippen LogP contribution in [0.2, 0.25) is 0 Å². The van der Waals surface area contributed by atoms with Gasteiger partial charge in [-0.3, -0.25) is 0 Å². The third-order valence-corrected chi connectivity index (χ3v) is 2.99. The zero-order valence-corrected chi connectivity index (χ0v) is 8.62. The molecule has 1 aromatic carbocycles. The first-order valence-corrected chi connectivity index (χ1v) is 5.33. The molecule has 15 heavy (non-hydrogen) atoms. The summed E-state index contributed by atoms with van der Waals surface area (Å²) in [6, 6.07) is 3.59. The van der Waals surface area contributed by atoms with E-state index in [2.05, 4.69) is 0 Å². The van der Waals surface area contributed by atoms with Crippen molar-refractivity contribution in [2.75, 3.05) is 5.73 Å². The molecule has 2 rings (SSSR count). The average molecular weight is 205 g/mol. The molecule has 0 saturated carbocycles. The van der Waals surface area contributed by atoms with Gasteiger partial charge in [-0.05, 0) is 48.9 Å². The number of rotatable bonds is 1. The van der Waals surface area contributed by atoms with Crippen LogP contribution in [-0.4, -0.2) is 11.1 Å². The predicted octanol–water partition coefficient (Wildman–Crippen LogP) is 2.24. The molecule has 0 aliphatic heterocycles. The second-order valence-electron chi connectivity index (χ2n) is 4.07. The Labute approximate surface area is 88.9 Å². The maximum atomic E-state index is 10.9. The maximum absolute atomic E-state index is 10.9. The molecule has 0 fully saturated rings. The van der Waals surface area contributed by atoms with Crippen LogP contribution in [0.1, 0.15) is 40.7 Å². The Morgan fingerprint density at radius 1 is 1.13 bits per heavy atom. The molecule has 0 spiro atoms. The highest BCUT2D eigenvalue weighted by molar-refractivity contribution is 5.94. The van der Waals surface area contributed by atoms with Crippen molar-refractivity contribution in [3.63, 3.8) is 0 Å². The molecule has 80 valence electrons. The van der Waals surface area contributed by atoms with Gasteiger partial charge in [-0.15, -0.1) is 0 Å². The third kappa shape index (κ3) is 1.96. The summed E-state index contributed by atoms with van der Waals surface area (Å²) in [5.41, 5.74) is 8.75. The van der Waals surface area contributed by atoms with Crippen LogP contribution in [0.25, 0.3) is 0 Å². The van der Waals surface area contributed by atoms with E-state index in [9.17, 15) is 4.79 Å². The van der Waals surface area contributed by atoms with Crippen molar-refractivity contribution in [1.82, 2.24) is 0 Å². The Balaban J connectivity index is 2.47. The molecule has 1 aliphatic rings. The van der Waals surface area contributed by atoms with Gasteiger partial charge < -0.3 is 10.8 Å². The van der Waals surface area contributed by atoms with Crippen molar-refractivity contribution in [3.8, 4) is 0 Å². The number of carbonyl (C=O) groups is 1. The molecule has 0 atom stereocenters. The number of hydrogen-bond donors (Lipinski definition) is 2. The van der Waals surface area contributed by atoms with Crippen molar-refractivity contribution in [2.24, 2.45) is 0 Å². The molecule has 1 aromatic rings. The zero-order valence-electron chi connectivity index (χ0n) is 8.62. The van der Waals surface area contributed by atoms with E-state index in [0.717, 1.165) is 19.3 Å². The molecule has 3 heteroatoms. The minimum Gasteiger partial charge on any atom is -0.478 e. The SMILES string of the molecule is Nc1cc2c(cc1C(=O)O)CCCCC2. The summed E-state index contributed by atoms with van der Waals surface area (Å²) in [5, 5.41) is 8.96. The summed E-state index contributed by atoms with van der Waals surface area (Å²) >= 11 is 0. The van der Waals surface area contributed by atoms with Crippen molar-refractivity contribution in [2.45, 2.75) is 32.1 Å². The molecular formula is C12H15NO2. The first kappa shape index (κ1) is 10.0. The summed E-state index contributed by atoms with van der Waals surface area (Å²) in [4.78, 5) is 10.9. The van der Waals surface area contributed by atoms with E-state index >= 15 is 0 Å². The standard InChI is InChI=1S/C12H15NO2/c13-11-7-9-5-3-1-2-4-8(9)6-10(11)12(14)15/h6-7H,1-5,13H2,(H,14,15). The second kappa shape index (κ2) is 3.93. The normalized spacial score (nSPS) is 15.5. The largest absolute Gasteiger partial charge is 0.478 e. The van der Waals surface area contributed by atoms with Crippen molar-refractivity contribution < 1.29 is 9.90 Å². The van der Waals surface area contributed by atoms with E-state index in [1.54, 1.807) is 6.07 Å². The number of aromatic carboxylic acids is 1. The van der Waals surface area contributed by atoms with Crippen LogP contribution in [0.15, 0.2) is 12.1 Å². The molecule has 0 aromatic heterocycles. The van der Waals surface area contributed by atoms with Gasteiger partial charge in [0.25, 0.3) is 0 Å². The number of anilines is 1. The fraction of sp³-hybridized carbons (Fsp3) is 0.417. The van der Waals surface area contributed by atoms with E-state index in [4.69, 9.17) is 10.8 Å². The number of carboxylic acids is 1. The highest BCUT2D eigenvalue weighted by Crippen LogP contribution is 2.25. The highest BCUT2D eigenvalue weighted by Gasteiger charge is 2.14. The number of carboxylic acid groups (broad SMARTS) is 1. The van der Waals surface area contributed by atoms with E-state index in [-0.39, 0.29) is 5.56 Å². The molecule has 0 unspecified atom stereocenters. The lowest BCUT2D eigenvalue weighted by Gasteiger charge is -2.09. The average Bonchev–Trinajstić information content (AvgIpc) is 2.40. The second-order valence-corrected chi connectivity index (χ2v) is 4.07. The minimum absolute atomic E-state index is 0.246. The molecule has 1 aliphatic carbocycles. The molecule has 0 saturated heterocycles. The number of fused-ring (bicyclic) bond motifs is 1. The van der Waals surface area contributed by atoms with Gasteiger partial charge in [-0.2, -0.15) is 0 Å². The van der Waals surface area contributed by atoms with Crippen LogP contribution in [0.4, 0.5) is 5.69 Å². The number of benzene rings is 1. The summed E-state index contributed by atoms with van der Waals surface area (Å²) in [5.74, 6) is -0.931. The lowest BCUT2D eigenvalue weighted by Crippen LogP contribution is -2.05. The van der Waals surface area contributed by atoms with Crippen molar-refractivity contribution >= 4 is 11.7 Å². The topological polar surface area (TPSA) is 63.3 Å². The maximum Gasteiger partial charge on any atom is 0.337 e. The van der Waals surface area contributed by atoms with E-state index in [1.165, 1.54) is 24.0 Å². The molecule has 0 amide bonds. The number of hydrogen-bond acceptors (Lipinski definition) is 2. The van der Waals surface area contributed by atoms with Crippen LogP contribution >= 0.6 is 0 Å². The van der Waals surface area contributed by atoms with Crippen LogP contribution in [-0.2, 0) is 12.8 Å². The van der Waals surface area contributed by atoms with E-state index < -0.39 is 5.97 Å². The Kier molecular flexibility index (Phi) is 2.62. The molecule has 3 nitrogen and oxygen atoms in total. The van der Waals surface area contributed by atoms with Crippen molar-refractivity contribution in [3.05, 3.63) is 28.8 Å². The smallest absolute Gasteiger partial charge is 0.337 e. The Bertz CT molecular complexity index is 399. The van der Waals surface area contributed by atoms with E-state index in [1.807, 2.05) is 6.07 Å². The number of nitrogen functional groups attached to an aromatic ring is 1. The van der Waals surface area contributed by atoms with Gasteiger partial charge in [0.15, 0.2) is 0 Å². The highest BCUT2D eigenvalue weighted by atomic mass is 16.4. The fourth-order valence-corrected chi connectivity index (χ4v) is 2.17. The zero-order chi connectivity index (χ0) is 10.8. The number of nitrogens with two attached hydrogens (primary N) is 1. The molecular weight excluding hydrogens is 190 g/mol. The van der Waals surface area contributed by atoms with Crippen molar-refractivity contribution in [1.29, 1.82) is 0 Å². The predicted molar refractivity (Wildman–Crippen MR) is 59.1 cm³/mol. The summed E-state index contributed by atoms with van der Waals surface area (Å²) in [6.07, 6.45) is 5.56.